The monoisotopic (exact) mass is 328 g/mol. The van der Waals surface area contributed by atoms with Gasteiger partial charge in [0.2, 0.25) is 0 Å². The molecule has 0 heterocycles. The molecule has 82 valence electrons. The van der Waals surface area contributed by atoms with Crippen molar-refractivity contribution in [1.82, 2.24) is 0 Å². The number of fused-ring (bicyclic) bond motifs is 1. The Morgan fingerprint density at radius 2 is 2.00 bits per heavy atom. The maximum Gasteiger partial charge on any atom is 0.337 e. The third kappa shape index (κ3) is 1.84. The van der Waals surface area contributed by atoms with Crippen LogP contribution in [0, 0.1) is 3.57 Å². The summed E-state index contributed by atoms with van der Waals surface area (Å²) in [6.07, 6.45) is 0. The Hall–Kier alpha value is -1.30. The molecule has 3 nitrogen and oxygen atoms in total. The number of rotatable bonds is 1. The second-order valence-corrected chi connectivity index (χ2v) is 4.48. The van der Waals surface area contributed by atoms with Crippen LogP contribution in [0.5, 0.6) is 5.75 Å². The minimum atomic E-state index is -0.403. The summed E-state index contributed by atoms with van der Waals surface area (Å²) in [5.74, 6) is -0.235. The van der Waals surface area contributed by atoms with Crippen LogP contribution in [0.15, 0.2) is 30.3 Å². The predicted molar refractivity (Wildman–Crippen MR) is 69.7 cm³/mol. The number of halogens is 1. The molecular weight excluding hydrogens is 319 g/mol. The highest BCUT2D eigenvalue weighted by Gasteiger charge is 2.09. The minimum Gasteiger partial charge on any atom is -0.507 e. The van der Waals surface area contributed by atoms with Crippen molar-refractivity contribution in [2.24, 2.45) is 0 Å². The van der Waals surface area contributed by atoms with Crippen molar-refractivity contribution in [2.75, 3.05) is 7.11 Å². The lowest BCUT2D eigenvalue weighted by atomic mass is 10.1. The van der Waals surface area contributed by atoms with Crippen LogP contribution in [0.2, 0.25) is 0 Å². The van der Waals surface area contributed by atoms with E-state index in [1.54, 1.807) is 18.2 Å². The highest BCUT2D eigenvalue weighted by atomic mass is 127. The van der Waals surface area contributed by atoms with Crippen molar-refractivity contribution in [3.8, 4) is 5.75 Å². The fraction of sp³-hybridized carbons (Fsp3) is 0.0833. The van der Waals surface area contributed by atoms with Crippen LogP contribution >= 0.6 is 22.6 Å². The van der Waals surface area contributed by atoms with E-state index in [2.05, 4.69) is 27.3 Å². The number of phenolic OH excluding ortho intramolecular Hbond substituents is 1. The van der Waals surface area contributed by atoms with E-state index in [9.17, 15) is 9.90 Å². The number of esters is 1. The lowest BCUT2D eigenvalue weighted by molar-refractivity contribution is 0.0601. The number of phenols is 1. The number of benzene rings is 2. The van der Waals surface area contributed by atoms with Crippen LogP contribution < -0.4 is 0 Å². The molecule has 1 N–H and O–H groups in total. The smallest absolute Gasteiger partial charge is 0.337 e. The lowest BCUT2D eigenvalue weighted by Crippen LogP contribution is -2.00. The standard InChI is InChI=1S/C12H9IO3/c1-16-12(15)7-2-3-8-9(6-7)11(14)5-4-10(8)13/h2-6,14H,1H3. The van der Waals surface area contributed by atoms with Gasteiger partial charge in [-0.1, -0.05) is 6.07 Å². The van der Waals surface area contributed by atoms with Gasteiger partial charge in [0.1, 0.15) is 5.75 Å². The molecule has 0 unspecified atom stereocenters. The van der Waals surface area contributed by atoms with Gasteiger partial charge in [-0.25, -0.2) is 4.79 Å². The molecule has 4 heteroatoms. The Balaban J connectivity index is 2.70. The summed E-state index contributed by atoms with van der Waals surface area (Å²) in [4.78, 5) is 11.3. The largest absolute Gasteiger partial charge is 0.507 e. The molecular formula is C12H9IO3. The molecule has 2 aromatic carbocycles. The first-order valence-electron chi connectivity index (χ1n) is 4.63. The zero-order chi connectivity index (χ0) is 11.7. The zero-order valence-electron chi connectivity index (χ0n) is 8.53. The van der Waals surface area contributed by atoms with Crippen molar-refractivity contribution in [1.29, 1.82) is 0 Å². The number of carbonyl (C=O) groups is 1. The Bertz CT molecular complexity index is 563. The van der Waals surface area contributed by atoms with E-state index in [1.807, 2.05) is 12.1 Å². The molecule has 16 heavy (non-hydrogen) atoms. The molecule has 0 fully saturated rings. The first-order valence-corrected chi connectivity index (χ1v) is 5.71. The van der Waals surface area contributed by atoms with Gasteiger partial charge in [-0.3, -0.25) is 0 Å². The van der Waals surface area contributed by atoms with Crippen molar-refractivity contribution in [3.63, 3.8) is 0 Å². The van der Waals surface area contributed by atoms with Crippen molar-refractivity contribution in [2.45, 2.75) is 0 Å². The van der Waals surface area contributed by atoms with Crippen LogP contribution in [0.3, 0.4) is 0 Å². The molecule has 0 saturated carbocycles. The molecule has 2 rings (SSSR count). The Kier molecular flexibility index (Phi) is 3.00. The molecule has 0 amide bonds. The van der Waals surface area contributed by atoms with E-state index >= 15 is 0 Å². The van der Waals surface area contributed by atoms with Crippen LogP contribution in [0.25, 0.3) is 10.8 Å². The summed E-state index contributed by atoms with van der Waals surface area (Å²) in [6, 6.07) is 8.58. The molecule has 0 bridgehead atoms. The molecule has 0 atom stereocenters. The van der Waals surface area contributed by atoms with Gasteiger partial charge in [0, 0.05) is 8.96 Å². The molecule has 0 aliphatic heterocycles. The predicted octanol–water partition coefficient (Wildman–Crippen LogP) is 2.94. The van der Waals surface area contributed by atoms with Gasteiger partial charge in [-0.2, -0.15) is 0 Å². The molecule has 0 aromatic heterocycles. The topological polar surface area (TPSA) is 46.5 Å². The molecule has 0 radical (unpaired) electrons. The third-order valence-corrected chi connectivity index (χ3v) is 3.30. The number of hydrogen-bond acceptors (Lipinski definition) is 3. The van der Waals surface area contributed by atoms with Crippen LogP contribution in [-0.2, 0) is 4.74 Å². The zero-order valence-corrected chi connectivity index (χ0v) is 10.7. The number of ether oxygens (including phenoxy) is 1. The number of carbonyl (C=O) groups excluding carboxylic acids is 1. The van der Waals surface area contributed by atoms with Gasteiger partial charge < -0.3 is 9.84 Å². The van der Waals surface area contributed by atoms with Crippen LogP contribution in [0.1, 0.15) is 10.4 Å². The van der Waals surface area contributed by atoms with E-state index in [0.29, 0.717) is 10.9 Å². The first-order chi connectivity index (χ1) is 7.63. The second kappa shape index (κ2) is 4.29. The molecule has 0 aliphatic carbocycles. The Morgan fingerprint density at radius 3 is 2.69 bits per heavy atom. The van der Waals surface area contributed by atoms with Gasteiger partial charge in [0.15, 0.2) is 0 Å². The fourth-order valence-corrected chi connectivity index (χ4v) is 2.19. The highest BCUT2D eigenvalue weighted by molar-refractivity contribution is 14.1. The van der Waals surface area contributed by atoms with E-state index in [1.165, 1.54) is 7.11 Å². The molecule has 0 spiro atoms. The van der Waals surface area contributed by atoms with Crippen LogP contribution in [0.4, 0.5) is 0 Å². The number of methoxy groups -OCH3 is 1. The van der Waals surface area contributed by atoms with Gasteiger partial charge in [0.25, 0.3) is 0 Å². The quantitative estimate of drug-likeness (QED) is 0.647. The fourth-order valence-electron chi connectivity index (χ4n) is 1.54. The summed E-state index contributed by atoms with van der Waals surface area (Å²) in [6.45, 7) is 0. The summed E-state index contributed by atoms with van der Waals surface area (Å²) in [7, 11) is 1.33. The van der Waals surface area contributed by atoms with E-state index in [0.717, 1.165) is 8.96 Å². The Labute approximate surface area is 106 Å². The SMILES string of the molecule is COC(=O)c1ccc2c(I)ccc(O)c2c1. The van der Waals surface area contributed by atoms with E-state index < -0.39 is 5.97 Å². The highest BCUT2D eigenvalue weighted by Crippen LogP contribution is 2.29. The van der Waals surface area contributed by atoms with Gasteiger partial charge >= 0.3 is 5.97 Å². The van der Waals surface area contributed by atoms with Crippen LogP contribution in [-0.4, -0.2) is 18.2 Å². The first kappa shape index (κ1) is 11.2. The summed E-state index contributed by atoms with van der Waals surface area (Å²) >= 11 is 2.19. The maximum absolute atomic E-state index is 11.3. The summed E-state index contributed by atoms with van der Waals surface area (Å²) in [5, 5.41) is 11.3. The normalized spacial score (nSPS) is 10.4. The van der Waals surface area contributed by atoms with Gasteiger partial charge in [0.05, 0.1) is 12.7 Å². The molecule has 0 saturated heterocycles. The van der Waals surface area contributed by atoms with Crippen molar-refractivity contribution < 1.29 is 14.6 Å². The summed E-state index contributed by atoms with van der Waals surface area (Å²) in [5.41, 5.74) is 0.437. The summed E-state index contributed by atoms with van der Waals surface area (Å²) < 4.78 is 5.66. The van der Waals surface area contributed by atoms with E-state index in [-0.39, 0.29) is 5.75 Å². The Morgan fingerprint density at radius 1 is 1.25 bits per heavy atom. The van der Waals surface area contributed by atoms with Crippen molar-refractivity contribution >= 4 is 39.3 Å². The van der Waals surface area contributed by atoms with Gasteiger partial charge in [-0.05, 0) is 52.2 Å². The molecule has 2 aromatic rings. The average Bonchev–Trinajstić information content (AvgIpc) is 2.32. The minimum absolute atomic E-state index is 0.168. The number of hydrogen-bond donors (Lipinski definition) is 1. The van der Waals surface area contributed by atoms with E-state index in [4.69, 9.17) is 0 Å². The maximum atomic E-state index is 11.3. The third-order valence-electron chi connectivity index (χ3n) is 2.36. The number of aromatic hydroxyl groups is 1. The molecule has 0 aliphatic rings. The van der Waals surface area contributed by atoms with Crippen molar-refractivity contribution in [3.05, 3.63) is 39.5 Å². The van der Waals surface area contributed by atoms with Gasteiger partial charge in [-0.15, -0.1) is 0 Å². The lowest BCUT2D eigenvalue weighted by Gasteiger charge is -2.05. The average molecular weight is 328 g/mol. The second-order valence-electron chi connectivity index (χ2n) is 3.32.